The van der Waals surface area contributed by atoms with E-state index in [4.69, 9.17) is 10.00 Å². The van der Waals surface area contributed by atoms with Crippen molar-refractivity contribution in [3.63, 3.8) is 0 Å². The van der Waals surface area contributed by atoms with Gasteiger partial charge in [0.2, 0.25) is 5.71 Å². The minimum atomic E-state index is -3.68. The molecule has 0 radical (unpaired) electrons. The van der Waals surface area contributed by atoms with E-state index in [1.807, 2.05) is 18.2 Å². The van der Waals surface area contributed by atoms with Crippen LogP contribution in [0, 0.1) is 11.3 Å². The number of nitrogens with one attached hydrogen (secondary N) is 1. The standard InChI is InChI=1S/C19H18N4O4S/c1-2-27-19(24)17(13-20)22-21-15-7-9-16(10-8-15)28(25,26)23-12-11-14-5-3-4-6-18(14)23/h3-10,21H,2,11-12H2,1H3/b22-17-. The van der Waals surface area contributed by atoms with Crippen LogP contribution in [0.25, 0.3) is 0 Å². The summed E-state index contributed by atoms with van der Waals surface area (Å²) in [5, 5.41) is 12.6. The van der Waals surface area contributed by atoms with Gasteiger partial charge in [-0.2, -0.15) is 10.4 Å². The SMILES string of the molecule is CCOC(=O)/C(C#N)=N\Nc1ccc(S(=O)(=O)N2CCc3ccccc32)cc1. The molecule has 0 saturated carbocycles. The smallest absolute Gasteiger partial charge is 0.369 e. The van der Waals surface area contributed by atoms with E-state index in [-0.39, 0.29) is 11.5 Å². The maximum absolute atomic E-state index is 13.0. The van der Waals surface area contributed by atoms with Crippen molar-refractivity contribution in [1.82, 2.24) is 0 Å². The number of ether oxygens (including phenoxy) is 1. The fourth-order valence-corrected chi connectivity index (χ4v) is 4.33. The molecule has 0 atom stereocenters. The van der Waals surface area contributed by atoms with E-state index in [2.05, 4.69) is 10.5 Å². The van der Waals surface area contributed by atoms with Crippen LogP contribution in [0.1, 0.15) is 12.5 Å². The summed E-state index contributed by atoms with van der Waals surface area (Å²) in [4.78, 5) is 11.7. The molecule has 28 heavy (non-hydrogen) atoms. The number of sulfonamides is 1. The number of benzene rings is 2. The summed E-state index contributed by atoms with van der Waals surface area (Å²) >= 11 is 0. The largest absolute Gasteiger partial charge is 0.461 e. The number of carbonyl (C=O) groups is 1. The van der Waals surface area contributed by atoms with E-state index in [9.17, 15) is 13.2 Å². The first-order chi connectivity index (χ1) is 13.5. The lowest BCUT2D eigenvalue weighted by Gasteiger charge is -2.19. The van der Waals surface area contributed by atoms with Gasteiger partial charge in [0, 0.05) is 6.54 Å². The Kier molecular flexibility index (Phi) is 5.61. The summed E-state index contributed by atoms with van der Waals surface area (Å²) in [5.74, 6) is -0.829. The molecule has 144 valence electrons. The minimum absolute atomic E-state index is 0.131. The Bertz CT molecular complexity index is 1060. The summed E-state index contributed by atoms with van der Waals surface area (Å²) in [7, 11) is -3.68. The van der Waals surface area contributed by atoms with Gasteiger partial charge in [0.25, 0.3) is 10.0 Å². The van der Waals surface area contributed by atoms with Crippen LogP contribution in [-0.4, -0.2) is 33.3 Å². The quantitative estimate of drug-likeness (QED) is 0.454. The van der Waals surface area contributed by atoms with Gasteiger partial charge in [0.1, 0.15) is 6.07 Å². The second kappa shape index (κ2) is 8.10. The first-order valence-corrected chi connectivity index (χ1v) is 10.0. The van der Waals surface area contributed by atoms with Crippen molar-refractivity contribution in [1.29, 1.82) is 5.26 Å². The van der Waals surface area contributed by atoms with Crippen molar-refractivity contribution in [2.75, 3.05) is 22.9 Å². The zero-order valence-corrected chi connectivity index (χ0v) is 15.9. The lowest BCUT2D eigenvalue weighted by atomic mass is 10.2. The van der Waals surface area contributed by atoms with E-state index < -0.39 is 21.7 Å². The Balaban J connectivity index is 1.78. The molecule has 0 unspecified atom stereocenters. The fourth-order valence-electron chi connectivity index (χ4n) is 2.82. The first kappa shape index (κ1) is 19.4. The molecule has 9 heteroatoms. The number of carbonyl (C=O) groups excluding carboxylic acids is 1. The molecule has 0 spiro atoms. The van der Waals surface area contributed by atoms with Crippen LogP contribution in [0.5, 0.6) is 0 Å². The fraction of sp³-hybridized carbons (Fsp3) is 0.211. The molecular formula is C19H18N4O4S. The monoisotopic (exact) mass is 398 g/mol. The Labute approximate surface area is 163 Å². The highest BCUT2D eigenvalue weighted by Gasteiger charge is 2.30. The summed E-state index contributed by atoms with van der Waals surface area (Å²) in [6.07, 6.45) is 0.675. The average Bonchev–Trinajstić information content (AvgIpc) is 3.14. The molecule has 1 heterocycles. The van der Waals surface area contributed by atoms with Gasteiger partial charge in [-0.05, 0) is 49.2 Å². The molecule has 1 aliphatic rings. The van der Waals surface area contributed by atoms with Crippen molar-refractivity contribution >= 4 is 33.1 Å². The third-order valence-electron chi connectivity index (χ3n) is 4.16. The number of fused-ring (bicyclic) bond motifs is 1. The molecule has 0 amide bonds. The van der Waals surface area contributed by atoms with Crippen LogP contribution in [0.2, 0.25) is 0 Å². The van der Waals surface area contributed by atoms with Crippen molar-refractivity contribution < 1.29 is 17.9 Å². The summed E-state index contributed by atoms with van der Waals surface area (Å²) in [6, 6.07) is 15.0. The summed E-state index contributed by atoms with van der Waals surface area (Å²) in [6.45, 7) is 2.15. The Morgan fingerprint density at radius 1 is 1.25 bits per heavy atom. The number of rotatable bonds is 6. The molecule has 0 saturated heterocycles. The van der Waals surface area contributed by atoms with Gasteiger partial charge >= 0.3 is 5.97 Å². The molecule has 0 aliphatic carbocycles. The number of hydrogen-bond acceptors (Lipinski definition) is 7. The molecule has 1 N–H and O–H groups in total. The Morgan fingerprint density at radius 2 is 1.96 bits per heavy atom. The topological polar surface area (TPSA) is 112 Å². The number of anilines is 2. The van der Waals surface area contributed by atoms with Gasteiger partial charge in [-0.1, -0.05) is 18.2 Å². The number of nitriles is 1. The molecule has 0 aromatic heterocycles. The van der Waals surface area contributed by atoms with Crippen molar-refractivity contribution in [2.24, 2.45) is 5.10 Å². The van der Waals surface area contributed by atoms with E-state index in [1.165, 1.54) is 28.6 Å². The predicted molar refractivity (Wildman–Crippen MR) is 104 cm³/mol. The minimum Gasteiger partial charge on any atom is -0.461 e. The summed E-state index contributed by atoms with van der Waals surface area (Å²) in [5.41, 5.74) is 4.26. The Morgan fingerprint density at radius 3 is 2.64 bits per heavy atom. The molecule has 2 aromatic rings. The molecule has 1 aliphatic heterocycles. The van der Waals surface area contributed by atoms with Crippen LogP contribution < -0.4 is 9.73 Å². The molecule has 0 bridgehead atoms. The number of nitrogens with zero attached hydrogens (tertiary/aromatic N) is 3. The van der Waals surface area contributed by atoms with Crippen molar-refractivity contribution in [2.45, 2.75) is 18.2 Å². The lowest BCUT2D eigenvalue weighted by Crippen LogP contribution is -2.29. The number of hydrazone groups is 1. The molecular weight excluding hydrogens is 380 g/mol. The van der Waals surface area contributed by atoms with Gasteiger partial charge < -0.3 is 4.74 Å². The van der Waals surface area contributed by atoms with Crippen LogP contribution in [0.4, 0.5) is 11.4 Å². The Hall–Kier alpha value is -3.38. The van der Waals surface area contributed by atoms with Crippen LogP contribution >= 0.6 is 0 Å². The van der Waals surface area contributed by atoms with E-state index in [1.54, 1.807) is 19.1 Å². The normalized spacial score (nSPS) is 13.6. The molecule has 8 nitrogen and oxygen atoms in total. The van der Waals surface area contributed by atoms with Gasteiger partial charge in [-0.15, -0.1) is 0 Å². The molecule has 3 rings (SSSR count). The zero-order chi connectivity index (χ0) is 20.1. The highest BCUT2D eigenvalue weighted by Crippen LogP contribution is 2.32. The highest BCUT2D eigenvalue weighted by molar-refractivity contribution is 7.92. The predicted octanol–water partition coefficient (Wildman–Crippen LogP) is 2.29. The number of esters is 1. The van der Waals surface area contributed by atoms with E-state index >= 15 is 0 Å². The first-order valence-electron chi connectivity index (χ1n) is 8.59. The van der Waals surface area contributed by atoms with Crippen LogP contribution in [0.15, 0.2) is 58.5 Å². The van der Waals surface area contributed by atoms with E-state index in [0.717, 1.165) is 5.56 Å². The van der Waals surface area contributed by atoms with Crippen LogP contribution in [-0.2, 0) is 26.0 Å². The number of hydrogen-bond donors (Lipinski definition) is 1. The average molecular weight is 398 g/mol. The van der Waals surface area contributed by atoms with Gasteiger partial charge in [-0.3, -0.25) is 9.73 Å². The third kappa shape index (κ3) is 3.82. The maximum atomic E-state index is 13.0. The van der Waals surface area contributed by atoms with Gasteiger partial charge in [0.05, 0.1) is 22.9 Å². The number of para-hydroxylation sites is 1. The van der Waals surface area contributed by atoms with Crippen molar-refractivity contribution in [3.05, 3.63) is 54.1 Å². The van der Waals surface area contributed by atoms with E-state index in [0.29, 0.717) is 24.3 Å². The summed E-state index contributed by atoms with van der Waals surface area (Å²) < 4.78 is 32.0. The third-order valence-corrected chi connectivity index (χ3v) is 5.99. The molecule has 0 fully saturated rings. The van der Waals surface area contributed by atoms with Crippen LogP contribution in [0.3, 0.4) is 0 Å². The second-order valence-corrected chi connectivity index (χ2v) is 7.75. The van der Waals surface area contributed by atoms with Crippen molar-refractivity contribution in [3.8, 4) is 6.07 Å². The lowest BCUT2D eigenvalue weighted by molar-refractivity contribution is -0.134. The highest BCUT2D eigenvalue weighted by atomic mass is 32.2. The zero-order valence-electron chi connectivity index (χ0n) is 15.1. The van der Waals surface area contributed by atoms with Gasteiger partial charge in [-0.25, -0.2) is 13.2 Å². The van der Waals surface area contributed by atoms with Gasteiger partial charge in [0.15, 0.2) is 0 Å². The maximum Gasteiger partial charge on any atom is 0.369 e. The molecule has 2 aromatic carbocycles. The second-order valence-electron chi connectivity index (χ2n) is 5.88.